The van der Waals surface area contributed by atoms with Gasteiger partial charge in [0.2, 0.25) is 0 Å². The molecule has 1 aromatic rings. The number of hydrogen-bond acceptors (Lipinski definition) is 3. The van der Waals surface area contributed by atoms with Crippen LogP contribution in [0.4, 0.5) is 0 Å². The molecule has 0 amide bonds. The Labute approximate surface area is 198 Å². The summed E-state index contributed by atoms with van der Waals surface area (Å²) in [6, 6.07) is 5.72. The Kier molecular flexibility index (Phi) is 5.47. The van der Waals surface area contributed by atoms with Crippen molar-refractivity contribution >= 4 is 46.5 Å². The van der Waals surface area contributed by atoms with E-state index >= 15 is 0 Å². The molecule has 164 valence electrons. The van der Waals surface area contributed by atoms with Gasteiger partial charge in [-0.05, 0) is 72.8 Å². The molecule has 31 heavy (non-hydrogen) atoms. The second kappa shape index (κ2) is 7.78. The number of rotatable bonds is 3. The topological polar surface area (TPSA) is 34.1 Å². The standard InChI is InChI=1S/C26H28Cl2O2S/c1-25-10-9-18(29)11-16(25)4-6-19-20-7-8-23(26(20,2)13-22(30)24(19)25)31-14-15-3-5-17(27)12-21(15)28/h3,5,9-12,19-20,23-24H,4,6-8,13-14H2,1-2H3/t19-,20-,23+,24+,25-,26-/m0/s1. The first-order valence-electron chi connectivity index (χ1n) is 11.2. The van der Waals surface area contributed by atoms with E-state index in [0.717, 1.165) is 35.6 Å². The van der Waals surface area contributed by atoms with E-state index in [4.69, 9.17) is 23.2 Å². The van der Waals surface area contributed by atoms with Crippen LogP contribution >= 0.6 is 35.0 Å². The summed E-state index contributed by atoms with van der Waals surface area (Å²) in [7, 11) is 0. The van der Waals surface area contributed by atoms with Crippen LogP contribution in [-0.2, 0) is 15.3 Å². The number of benzene rings is 1. The summed E-state index contributed by atoms with van der Waals surface area (Å²) in [5, 5.41) is 1.84. The lowest BCUT2D eigenvalue weighted by atomic mass is 9.48. The number of halogens is 2. The van der Waals surface area contributed by atoms with Crippen molar-refractivity contribution in [2.24, 2.45) is 28.6 Å². The van der Waals surface area contributed by atoms with Crippen LogP contribution in [0.15, 0.2) is 42.0 Å². The molecule has 0 radical (unpaired) electrons. The summed E-state index contributed by atoms with van der Waals surface area (Å²) in [5.74, 6) is 2.31. The molecule has 4 aliphatic carbocycles. The van der Waals surface area contributed by atoms with Crippen LogP contribution in [0.5, 0.6) is 0 Å². The van der Waals surface area contributed by atoms with Gasteiger partial charge in [-0.25, -0.2) is 0 Å². The van der Waals surface area contributed by atoms with Gasteiger partial charge in [-0.3, -0.25) is 9.59 Å². The number of Topliss-reactive ketones (excluding diaryl/α,β-unsaturated/α-hetero) is 1. The van der Waals surface area contributed by atoms with Gasteiger partial charge in [-0.2, -0.15) is 11.8 Å². The summed E-state index contributed by atoms with van der Waals surface area (Å²) in [6.07, 6.45) is 10.5. The summed E-state index contributed by atoms with van der Waals surface area (Å²) in [4.78, 5) is 25.6. The van der Waals surface area contributed by atoms with Gasteiger partial charge >= 0.3 is 0 Å². The molecule has 1 aromatic carbocycles. The number of fused-ring (bicyclic) bond motifs is 5. The molecule has 0 unspecified atom stereocenters. The fraction of sp³-hybridized carbons (Fsp3) is 0.538. The van der Waals surface area contributed by atoms with Crippen molar-refractivity contribution in [2.75, 3.05) is 0 Å². The van der Waals surface area contributed by atoms with Crippen LogP contribution in [-0.4, -0.2) is 16.8 Å². The van der Waals surface area contributed by atoms with Crippen LogP contribution < -0.4 is 0 Å². The molecule has 0 heterocycles. The van der Waals surface area contributed by atoms with Gasteiger partial charge in [-0.1, -0.05) is 54.8 Å². The van der Waals surface area contributed by atoms with Gasteiger partial charge in [0.25, 0.3) is 0 Å². The maximum Gasteiger partial charge on any atom is 0.178 e. The highest BCUT2D eigenvalue weighted by Crippen LogP contribution is 2.65. The second-order valence-electron chi connectivity index (χ2n) is 10.2. The van der Waals surface area contributed by atoms with Crippen molar-refractivity contribution in [1.29, 1.82) is 0 Å². The van der Waals surface area contributed by atoms with Crippen molar-refractivity contribution in [3.8, 4) is 0 Å². The Hall–Kier alpha value is -1.03. The highest BCUT2D eigenvalue weighted by atomic mass is 35.5. The maximum atomic E-state index is 13.6. The SMILES string of the molecule is C[C@]12CC(=O)[C@H]3[C@@H](CCC4=CC(=O)C=C[C@@]43C)[C@@H]1CC[C@H]2SCc1ccc(Cl)cc1Cl. The molecule has 3 fully saturated rings. The maximum absolute atomic E-state index is 13.6. The van der Waals surface area contributed by atoms with Crippen molar-refractivity contribution in [3.05, 3.63) is 57.6 Å². The third-order valence-electron chi connectivity index (χ3n) is 8.62. The van der Waals surface area contributed by atoms with E-state index in [2.05, 4.69) is 13.8 Å². The van der Waals surface area contributed by atoms with Crippen LogP contribution in [0.25, 0.3) is 0 Å². The highest BCUT2D eigenvalue weighted by molar-refractivity contribution is 7.99. The summed E-state index contributed by atoms with van der Waals surface area (Å²) >= 11 is 14.4. The molecular formula is C26H28Cl2O2S. The number of allylic oxidation sites excluding steroid dienone is 4. The first kappa shape index (κ1) is 21.8. The van der Waals surface area contributed by atoms with Gasteiger partial charge in [-0.15, -0.1) is 0 Å². The minimum atomic E-state index is -0.280. The number of carbonyl (C=O) groups is 2. The average molecular weight is 475 g/mol. The monoisotopic (exact) mass is 474 g/mol. The first-order valence-corrected chi connectivity index (χ1v) is 13.1. The Bertz CT molecular complexity index is 1010. The number of carbonyl (C=O) groups excluding carboxylic acids is 2. The van der Waals surface area contributed by atoms with E-state index in [-0.39, 0.29) is 22.5 Å². The van der Waals surface area contributed by atoms with Crippen LogP contribution in [0.1, 0.15) is 51.5 Å². The molecular weight excluding hydrogens is 447 g/mol. The quantitative estimate of drug-likeness (QED) is 0.468. The summed E-state index contributed by atoms with van der Waals surface area (Å²) in [6.45, 7) is 4.54. The number of hydrogen-bond donors (Lipinski definition) is 0. The lowest BCUT2D eigenvalue weighted by molar-refractivity contribution is -0.140. The summed E-state index contributed by atoms with van der Waals surface area (Å²) < 4.78 is 0. The molecule has 0 saturated heterocycles. The Morgan fingerprint density at radius 2 is 1.94 bits per heavy atom. The Balaban J connectivity index is 1.38. The minimum Gasteiger partial charge on any atom is -0.299 e. The first-order chi connectivity index (χ1) is 14.7. The molecule has 0 bridgehead atoms. The highest BCUT2D eigenvalue weighted by Gasteiger charge is 2.61. The van der Waals surface area contributed by atoms with E-state index in [1.165, 1.54) is 12.0 Å². The molecule has 0 aromatic heterocycles. The fourth-order valence-electron chi connectivity index (χ4n) is 7.09. The Morgan fingerprint density at radius 3 is 2.71 bits per heavy atom. The lowest BCUT2D eigenvalue weighted by Gasteiger charge is -2.55. The third-order valence-corrected chi connectivity index (χ3v) is 10.9. The van der Waals surface area contributed by atoms with Gasteiger partial charge in [0.1, 0.15) is 5.78 Å². The largest absolute Gasteiger partial charge is 0.299 e. The van der Waals surface area contributed by atoms with Crippen LogP contribution in [0, 0.1) is 28.6 Å². The molecule has 5 heteroatoms. The fourth-order valence-corrected chi connectivity index (χ4v) is 9.22. The van der Waals surface area contributed by atoms with Crippen LogP contribution in [0.3, 0.4) is 0 Å². The minimum absolute atomic E-state index is 0.0179. The van der Waals surface area contributed by atoms with Gasteiger partial charge in [0.15, 0.2) is 5.78 Å². The molecule has 5 rings (SSSR count). The van der Waals surface area contributed by atoms with E-state index in [1.807, 2.05) is 36.0 Å². The van der Waals surface area contributed by atoms with Crippen molar-refractivity contribution in [3.63, 3.8) is 0 Å². The molecule has 0 N–H and O–H groups in total. The van der Waals surface area contributed by atoms with E-state index < -0.39 is 0 Å². The van der Waals surface area contributed by atoms with Gasteiger partial charge in [0, 0.05) is 38.8 Å². The summed E-state index contributed by atoms with van der Waals surface area (Å²) in [5.41, 5.74) is 2.03. The molecule has 2 nitrogen and oxygen atoms in total. The zero-order chi connectivity index (χ0) is 22.0. The predicted molar refractivity (Wildman–Crippen MR) is 129 cm³/mol. The van der Waals surface area contributed by atoms with Crippen molar-refractivity contribution in [2.45, 2.75) is 57.0 Å². The zero-order valence-electron chi connectivity index (χ0n) is 18.0. The van der Waals surface area contributed by atoms with Crippen LogP contribution in [0.2, 0.25) is 10.0 Å². The normalized spacial score (nSPS) is 39.0. The lowest BCUT2D eigenvalue weighted by Crippen LogP contribution is -2.54. The molecule has 6 atom stereocenters. The molecule has 0 spiro atoms. The predicted octanol–water partition coefficient (Wildman–Crippen LogP) is 7.08. The number of thioether (sulfide) groups is 1. The van der Waals surface area contributed by atoms with Gasteiger partial charge < -0.3 is 0 Å². The third kappa shape index (κ3) is 3.47. The van der Waals surface area contributed by atoms with E-state index in [1.54, 1.807) is 12.2 Å². The number of ketones is 2. The Morgan fingerprint density at radius 1 is 1.13 bits per heavy atom. The second-order valence-corrected chi connectivity index (χ2v) is 12.3. The smallest absolute Gasteiger partial charge is 0.178 e. The van der Waals surface area contributed by atoms with Crippen molar-refractivity contribution in [1.82, 2.24) is 0 Å². The average Bonchev–Trinajstić information content (AvgIpc) is 3.03. The molecule has 3 saturated carbocycles. The molecule has 4 aliphatic rings. The van der Waals surface area contributed by atoms with Crippen molar-refractivity contribution < 1.29 is 9.59 Å². The van der Waals surface area contributed by atoms with E-state index in [9.17, 15) is 9.59 Å². The zero-order valence-corrected chi connectivity index (χ0v) is 20.3. The van der Waals surface area contributed by atoms with E-state index in [0.29, 0.717) is 34.3 Å². The van der Waals surface area contributed by atoms with Gasteiger partial charge in [0.05, 0.1) is 0 Å². The molecule has 0 aliphatic heterocycles.